The summed E-state index contributed by atoms with van der Waals surface area (Å²) in [5.74, 6) is 0. The van der Waals surface area contributed by atoms with Crippen molar-refractivity contribution in [2.24, 2.45) is 4.99 Å². The van der Waals surface area contributed by atoms with Crippen LogP contribution < -0.4 is 5.32 Å². The molecule has 2 aromatic carbocycles. The summed E-state index contributed by atoms with van der Waals surface area (Å²) in [5.41, 5.74) is 4.47. The third kappa shape index (κ3) is 3.39. The Hall–Kier alpha value is -2.68. The highest BCUT2D eigenvalue weighted by atomic mass is 16.1. The summed E-state index contributed by atoms with van der Waals surface area (Å²) in [7, 11) is 0. The maximum absolute atomic E-state index is 11.7. The minimum Gasteiger partial charge on any atom is -0.379 e. The smallest absolute Gasteiger partial charge is 0.153 e. The van der Waals surface area contributed by atoms with Crippen LogP contribution in [0.3, 0.4) is 0 Å². The number of aldehydes is 1. The molecule has 1 aliphatic rings. The first kappa shape index (κ1) is 15.2. The molecular formula is C20H20N2O. The summed E-state index contributed by atoms with van der Waals surface area (Å²) in [6, 6.07) is 17.8. The van der Waals surface area contributed by atoms with E-state index < -0.39 is 0 Å². The van der Waals surface area contributed by atoms with E-state index in [-0.39, 0.29) is 5.54 Å². The number of nitrogens with zero attached hydrogens (tertiary/aromatic N) is 1. The molecule has 0 bridgehead atoms. The molecule has 1 N–H and O–H groups in total. The number of carbonyl (C=O) groups excluding carboxylic acids is 1. The van der Waals surface area contributed by atoms with Crippen LogP contribution in [0.15, 0.2) is 65.2 Å². The number of benzene rings is 2. The first-order valence-electron chi connectivity index (χ1n) is 7.74. The summed E-state index contributed by atoms with van der Waals surface area (Å²) in [6.45, 7) is 4.28. The van der Waals surface area contributed by atoms with Crippen molar-refractivity contribution >= 4 is 23.9 Å². The Balaban J connectivity index is 2.06. The Morgan fingerprint density at radius 3 is 2.52 bits per heavy atom. The number of fused-ring (bicyclic) bond motifs is 1. The van der Waals surface area contributed by atoms with Gasteiger partial charge in [-0.2, -0.15) is 0 Å². The second-order valence-electron chi connectivity index (χ2n) is 6.38. The molecule has 0 radical (unpaired) electrons. The van der Waals surface area contributed by atoms with Crippen molar-refractivity contribution in [3.8, 4) is 0 Å². The molecule has 0 amide bonds. The Morgan fingerprint density at radius 2 is 1.78 bits per heavy atom. The van der Waals surface area contributed by atoms with Crippen molar-refractivity contribution in [2.75, 3.05) is 0 Å². The highest BCUT2D eigenvalue weighted by Crippen LogP contribution is 2.30. The molecule has 3 nitrogen and oxygen atoms in total. The van der Waals surface area contributed by atoms with Crippen LogP contribution in [0.1, 0.15) is 25.0 Å². The molecule has 116 valence electrons. The second kappa shape index (κ2) is 6.21. The maximum Gasteiger partial charge on any atom is 0.153 e. The van der Waals surface area contributed by atoms with Gasteiger partial charge in [-0.15, -0.1) is 0 Å². The van der Waals surface area contributed by atoms with Gasteiger partial charge < -0.3 is 5.32 Å². The standard InChI is InChI=1S/C20H20N2O/c1-20(2)12-15-8-6-7-11-18(15)19(22-20)16(14-23)13-21-17-9-4-3-5-10-17/h3-11,13-14,22H,12H2,1-2H3. The topological polar surface area (TPSA) is 41.5 Å². The highest BCUT2D eigenvalue weighted by Gasteiger charge is 2.28. The van der Waals surface area contributed by atoms with Gasteiger partial charge in [0.25, 0.3) is 0 Å². The lowest BCUT2D eigenvalue weighted by atomic mass is 9.85. The minimum absolute atomic E-state index is 0.0987. The van der Waals surface area contributed by atoms with Gasteiger partial charge in [0.05, 0.1) is 17.0 Å². The molecule has 0 spiro atoms. The Labute approximate surface area is 136 Å². The van der Waals surface area contributed by atoms with Gasteiger partial charge in [0.1, 0.15) is 0 Å². The molecule has 1 aliphatic heterocycles. The lowest BCUT2D eigenvalue weighted by molar-refractivity contribution is -0.104. The summed E-state index contributed by atoms with van der Waals surface area (Å²) in [6.07, 6.45) is 3.43. The average Bonchev–Trinajstić information content (AvgIpc) is 2.55. The monoisotopic (exact) mass is 304 g/mol. The predicted octanol–water partition coefficient (Wildman–Crippen LogP) is 3.92. The Bertz CT molecular complexity index is 773. The normalized spacial score (nSPS) is 18.2. The van der Waals surface area contributed by atoms with E-state index in [1.165, 1.54) is 5.56 Å². The number of para-hydroxylation sites is 1. The number of hydrogen-bond acceptors (Lipinski definition) is 3. The van der Waals surface area contributed by atoms with Crippen LogP contribution in [0.5, 0.6) is 0 Å². The molecule has 0 aromatic heterocycles. The van der Waals surface area contributed by atoms with Gasteiger partial charge in [0.2, 0.25) is 0 Å². The fraction of sp³-hybridized carbons (Fsp3) is 0.200. The van der Waals surface area contributed by atoms with Gasteiger partial charge in [-0.3, -0.25) is 9.79 Å². The Morgan fingerprint density at radius 1 is 1.09 bits per heavy atom. The fourth-order valence-electron chi connectivity index (χ4n) is 2.88. The third-order valence-electron chi connectivity index (χ3n) is 3.91. The Kier molecular flexibility index (Phi) is 4.11. The van der Waals surface area contributed by atoms with Gasteiger partial charge in [0.15, 0.2) is 6.29 Å². The summed E-state index contributed by atoms with van der Waals surface area (Å²) < 4.78 is 0. The third-order valence-corrected chi connectivity index (χ3v) is 3.91. The van der Waals surface area contributed by atoms with E-state index in [9.17, 15) is 4.79 Å². The molecule has 0 saturated heterocycles. The number of hydrogen-bond donors (Lipinski definition) is 1. The van der Waals surface area contributed by atoms with Crippen molar-refractivity contribution in [3.05, 3.63) is 71.3 Å². The highest BCUT2D eigenvalue weighted by molar-refractivity contribution is 6.10. The quantitative estimate of drug-likeness (QED) is 0.530. The molecule has 3 rings (SSSR count). The molecule has 3 heteroatoms. The SMILES string of the molecule is CC1(C)Cc2ccccc2C(=C(C=O)C=Nc2ccccc2)N1. The molecule has 0 saturated carbocycles. The fourth-order valence-corrected chi connectivity index (χ4v) is 2.88. The molecule has 0 atom stereocenters. The molecule has 0 unspecified atom stereocenters. The molecule has 23 heavy (non-hydrogen) atoms. The van der Waals surface area contributed by atoms with Crippen molar-refractivity contribution in [3.63, 3.8) is 0 Å². The number of nitrogens with one attached hydrogen (secondary N) is 1. The maximum atomic E-state index is 11.7. The number of carbonyl (C=O) groups is 1. The van der Waals surface area contributed by atoms with Gasteiger partial charge in [-0.25, -0.2) is 0 Å². The van der Waals surface area contributed by atoms with Crippen LogP contribution in [0.4, 0.5) is 5.69 Å². The molecular weight excluding hydrogens is 284 g/mol. The van der Waals surface area contributed by atoms with E-state index in [0.29, 0.717) is 5.57 Å². The lowest BCUT2D eigenvalue weighted by Gasteiger charge is -2.36. The van der Waals surface area contributed by atoms with Gasteiger partial charge in [0, 0.05) is 17.3 Å². The average molecular weight is 304 g/mol. The van der Waals surface area contributed by atoms with Crippen molar-refractivity contribution in [1.29, 1.82) is 0 Å². The first-order valence-corrected chi connectivity index (χ1v) is 7.74. The van der Waals surface area contributed by atoms with Gasteiger partial charge in [-0.1, -0.05) is 42.5 Å². The lowest BCUT2D eigenvalue weighted by Crippen LogP contribution is -2.44. The number of rotatable bonds is 3. The zero-order valence-electron chi connectivity index (χ0n) is 13.4. The summed E-state index contributed by atoms with van der Waals surface area (Å²) >= 11 is 0. The van der Waals surface area contributed by atoms with E-state index in [0.717, 1.165) is 29.7 Å². The van der Waals surface area contributed by atoms with Crippen molar-refractivity contribution in [1.82, 2.24) is 5.32 Å². The number of allylic oxidation sites excluding steroid dienone is 1. The van der Waals surface area contributed by atoms with Crippen LogP contribution in [-0.4, -0.2) is 18.0 Å². The van der Waals surface area contributed by atoms with Gasteiger partial charge >= 0.3 is 0 Å². The first-order chi connectivity index (χ1) is 11.1. The van der Waals surface area contributed by atoms with E-state index in [4.69, 9.17) is 0 Å². The largest absolute Gasteiger partial charge is 0.379 e. The molecule has 2 aromatic rings. The summed E-state index contributed by atoms with van der Waals surface area (Å²) in [5, 5.41) is 3.49. The van der Waals surface area contributed by atoms with Crippen LogP contribution >= 0.6 is 0 Å². The van der Waals surface area contributed by atoms with Crippen LogP contribution in [0.2, 0.25) is 0 Å². The van der Waals surface area contributed by atoms with Crippen molar-refractivity contribution in [2.45, 2.75) is 25.8 Å². The molecule has 1 heterocycles. The van der Waals surface area contributed by atoms with E-state index in [1.807, 2.05) is 48.5 Å². The molecule has 0 fully saturated rings. The molecule has 0 aliphatic carbocycles. The van der Waals surface area contributed by atoms with Crippen LogP contribution in [0, 0.1) is 0 Å². The van der Waals surface area contributed by atoms with E-state index in [1.54, 1.807) is 6.21 Å². The number of aliphatic imine (C=N–C) groups is 1. The van der Waals surface area contributed by atoms with Crippen molar-refractivity contribution < 1.29 is 4.79 Å². The van der Waals surface area contributed by atoms with E-state index in [2.05, 4.69) is 30.2 Å². The summed E-state index contributed by atoms with van der Waals surface area (Å²) in [4.78, 5) is 16.1. The second-order valence-corrected chi connectivity index (χ2v) is 6.38. The minimum atomic E-state index is -0.0987. The predicted molar refractivity (Wildman–Crippen MR) is 94.9 cm³/mol. The van der Waals surface area contributed by atoms with Crippen LogP contribution in [-0.2, 0) is 11.2 Å². The van der Waals surface area contributed by atoms with Crippen LogP contribution in [0.25, 0.3) is 5.70 Å². The van der Waals surface area contributed by atoms with E-state index >= 15 is 0 Å². The zero-order valence-corrected chi connectivity index (χ0v) is 13.4. The zero-order chi connectivity index (χ0) is 16.3. The van der Waals surface area contributed by atoms with Gasteiger partial charge in [-0.05, 0) is 38.0 Å².